The van der Waals surface area contributed by atoms with Crippen LogP contribution in [0.1, 0.15) is 30.2 Å². The highest BCUT2D eigenvalue weighted by atomic mass is 16.5. The first-order valence-electron chi connectivity index (χ1n) is 8.18. The Labute approximate surface area is 146 Å². The molecule has 1 heterocycles. The van der Waals surface area contributed by atoms with Crippen LogP contribution in [0, 0.1) is 0 Å². The maximum absolute atomic E-state index is 12.0. The van der Waals surface area contributed by atoms with E-state index in [2.05, 4.69) is 11.4 Å². The minimum absolute atomic E-state index is 0.251. The quantitative estimate of drug-likeness (QED) is 0.721. The van der Waals surface area contributed by atoms with Crippen LogP contribution < -0.4 is 15.8 Å². The SMILES string of the molecule is CC(C)(N)CNC(=O)c1ccc(COc2ccc3ccccc3c2)o1. The molecule has 0 aliphatic rings. The Kier molecular flexibility index (Phi) is 4.76. The van der Waals surface area contributed by atoms with Crippen LogP contribution in [-0.4, -0.2) is 18.0 Å². The number of nitrogens with two attached hydrogens (primary N) is 1. The number of ether oxygens (including phenoxy) is 1. The van der Waals surface area contributed by atoms with Gasteiger partial charge < -0.3 is 20.2 Å². The average molecular weight is 338 g/mol. The minimum atomic E-state index is -0.468. The van der Waals surface area contributed by atoms with Crippen molar-refractivity contribution >= 4 is 16.7 Å². The number of carbonyl (C=O) groups is 1. The highest BCUT2D eigenvalue weighted by molar-refractivity contribution is 5.91. The number of hydrogen-bond acceptors (Lipinski definition) is 4. The van der Waals surface area contributed by atoms with E-state index in [1.54, 1.807) is 12.1 Å². The van der Waals surface area contributed by atoms with Crippen molar-refractivity contribution in [2.24, 2.45) is 5.73 Å². The molecule has 0 unspecified atom stereocenters. The van der Waals surface area contributed by atoms with Gasteiger partial charge in [-0.3, -0.25) is 4.79 Å². The molecule has 0 saturated heterocycles. The molecule has 0 fully saturated rings. The highest BCUT2D eigenvalue weighted by Crippen LogP contribution is 2.21. The zero-order valence-electron chi connectivity index (χ0n) is 14.4. The Morgan fingerprint density at radius 2 is 1.88 bits per heavy atom. The molecule has 3 aromatic rings. The zero-order valence-corrected chi connectivity index (χ0v) is 14.4. The smallest absolute Gasteiger partial charge is 0.287 e. The molecule has 0 saturated carbocycles. The van der Waals surface area contributed by atoms with Gasteiger partial charge in [-0.25, -0.2) is 0 Å². The van der Waals surface area contributed by atoms with Crippen molar-refractivity contribution in [3.63, 3.8) is 0 Å². The van der Waals surface area contributed by atoms with Gasteiger partial charge in [0.15, 0.2) is 5.76 Å². The van der Waals surface area contributed by atoms with Crippen LogP contribution in [-0.2, 0) is 6.61 Å². The van der Waals surface area contributed by atoms with Crippen LogP contribution in [0.15, 0.2) is 59.0 Å². The van der Waals surface area contributed by atoms with Crippen LogP contribution in [0.3, 0.4) is 0 Å². The van der Waals surface area contributed by atoms with Gasteiger partial charge in [0.05, 0.1) is 0 Å². The number of fused-ring (bicyclic) bond motifs is 1. The van der Waals surface area contributed by atoms with E-state index in [-0.39, 0.29) is 18.3 Å². The average Bonchev–Trinajstić information content (AvgIpc) is 3.06. The summed E-state index contributed by atoms with van der Waals surface area (Å²) in [6.45, 7) is 4.32. The minimum Gasteiger partial charge on any atom is -0.486 e. The van der Waals surface area contributed by atoms with E-state index in [0.717, 1.165) is 16.5 Å². The third-order valence-electron chi connectivity index (χ3n) is 3.69. The first kappa shape index (κ1) is 17.0. The fraction of sp³-hybridized carbons (Fsp3) is 0.250. The molecule has 1 aromatic heterocycles. The van der Waals surface area contributed by atoms with E-state index in [9.17, 15) is 4.79 Å². The van der Waals surface area contributed by atoms with Crippen molar-refractivity contribution in [1.29, 1.82) is 0 Å². The Morgan fingerprint density at radius 1 is 1.12 bits per heavy atom. The summed E-state index contributed by atoms with van der Waals surface area (Å²) >= 11 is 0. The lowest BCUT2D eigenvalue weighted by molar-refractivity contribution is 0.0914. The van der Waals surface area contributed by atoms with E-state index in [4.69, 9.17) is 14.9 Å². The first-order valence-corrected chi connectivity index (χ1v) is 8.18. The van der Waals surface area contributed by atoms with Crippen molar-refractivity contribution < 1.29 is 13.9 Å². The van der Waals surface area contributed by atoms with E-state index in [1.165, 1.54) is 0 Å². The van der Waals surface area contributed by atoms with Gasteiger partial charge in [-0.15, -0.1) is 0 Å². The number of benzene rings is 2. The summed E-state index contributed by atoms with van der Waals surface area (Å²) < 4.78 is 11.3. The van der Waals surface area contributed by atoms with Gasteiger partial charge in [0.25, 0.3) is 5.91 Å². The van der Waals surface area contributed by atoms with Crippen LogP contribution in [0.25, 0.3) is 10.8 Å². The van der Waals surface area contributed by atoms with E-state index < -0.39 is 5.54 Å². The normalized spacial score (nSPS) is 11.5. The number of carbonyl (C=O) groups excluding carboxylic acids is 1. The largest absolute Gasteiger partial charge is 0.486 e. The summed E-state index contributed by atoms with van der Waals surface area (Å²) in [5.41, 5.74) is 5.39. The molecule has 3 N–H and O–H groups in total. The van der Waals surface area contributed by atoms with E-state index in [0.29, 0.717) is 12.3 Å². The molecular formula is C20H22N2O3. The Hall–Kier alpha value is -2.79. The summed E-state index contributed by atoms with van der Waals surface area (Å²) in [7, 11) is 0. The van der Waals surface area contributed by atoms with Crippen molar-refractivity contribution in [2.45, 2.75) is 26.0 Å². The second-order valence-corrected chi connectivity index (χ2v) is 6.73. The van der Waals surface area contributed by atoms with Gasteiger partial charge in [-0.05, 0) is 48.9 Å². The van der Waals surface area contributed by atoms with Crippen LogP contribution in [0.5, 0.6) is 5.75 Å². The first-order chi connectivity index (χ1) is 11.9. The standard InChI is InChI=1S/C20H22N2O3/c1-20(2,21)13-22-19(23)18-10-9-17(25-18)12-24-16-8-7-14-5-3-4-6-15(14)11-16/h3-11H,12-13,21H2,1-2H3,(H,22,23). The molecule has 25 heavy (non-hydrogen) atoms. The fourth-order valence-corrected chi connectivity index (χ4v) is 2.38. The van der Waals surface area contributed by atoms with Crippen molar-refractivity contribution in [2.75, 3.05) is 6.54 Å². The predicted molar refractivity (Wildman–Crippen MR) is 97.6 cm³/mol. The molecule has 0 bridgehead atoms. The van der Waals surface area contributed by atoms with E-state index >= 15 is 0 Å². The topological polar surface area (TPSA) is 77.5 Å². The molecule has 5 nitrogen and oxygen atoms in total. The zero-order chi connectivity index (χ0) is 17.9. The molecular weight excluding hydrogens is 316 g/mol. The Morgan fingerprint density at radius 3 is 2.64 bits per heavy atom. The summed E-state index contributed by atoms with van der Waals surface area (Å²) in [5, 5.41) is 5.02. The molecule has 0 spiro atoms. The third-order valence-corrected chi connectivity index (χ3v) is 3.69. The monoisotopic (exact) mass is 338 g/mol. The molecule has 2 aromatic carbocycles. The van der Waals surface area contributed by atoms with Crippen LogP contribution in [0.2, 0.25) is 0 Å². The lowest BCUT2D eigenvalue weighted by Crippen LogP contribution is -2.45. The Balaban J connectivity index is 1.60. The molecule has 0 atom stereocenters. The number of nitrogens with one attached hydrogen (secondary N) is 1. The van der Waals surface area contributed by atoms with Gasteiger partial charge in [-0.1, -0.05) is 30.3 Å². The van der Waals surface area contributed by atoms with E-state index in [1.807, 2.05) is 50.2 Å². The van der Waals surface area contributed by atoms with Gasteiger partial charge in [0.1, 0.15) is 18.1 Å². The lowest BCUT2D eigenvalue weighted by Gasteiger charge is -2.18. The van der Waals surface area contributed by atoms with Gasteiger partial charge in [0.2, 0.25) is 0 Å². The number of amides is 1. The van der Waals surface area contributed by atoms with Crippen LogP contribution >= 0.6 is 0 Å². The summed E-state index contributed by atoms with van der Waals surface area (Å²) in [5.74, 6) is 1.31. The van der Waals surface area contributed by atoms with Crippen molar-refractivity contribution in [3.05, 3.63) is 66.1 Å². The molecule has 0 aliphatic heterocycles. The summed E-state index contributed by atoms with van der Waals surface area (Å²) in [4.78, 5) is 12.0. The second kappa shape index (κ2) is 6.99. The summed E-state index contributed by atoms with van der Waals surface area (Å²) in [6, 6.07) is 17.4. The second-order valence-electron chi connectivity index (χ2n) is 6.73. The third kappa shape index (κ3) is 4.61. The van der Waals surface area contributed by atoms with Gasteiger partial charge >= 0.3 is 0 Å². The lowest BCUT2D eigenvalue weighted by atomic mass is 10.1. The van der Waals surface area contributed by atoms with Gasteiger partial charge in [0, 0.05) is 12.1 Å². The fourth-order valence-electron chi connectivity index (χ4n) is 2.38. The molecule has 3 rings (SSSR count). The number of rotatable bonds is 6. The highest BCUT2D eigenvalue weighted by Gasteiger charge is 2.16. The predicted octanol–water partition coefficient (Wildman–Crippen LogP) is 3.48. The van der Waals surface area contributed by atoms with Gasteiger partial charge in [-0.2, -0.15) is 0 Å². The summed E-state index contributed by atoms with van der Waals surface area (Å²) in [6.07, 6.45) is 0. The Bertz CT molecular complexity index is 878. The van der Waals surface area contributed by atoms with Crippen molar-refractivity contribution in [1.82, 2.24) is 5.32 Å². The maximum Gasteiger partial charge on any atom is 0.287 e. The van der Waals surface area contributed by atoms with Crippen molar-refractivity contribution in [3.8, 4) is 5.75 Å². The molecule has 1 amide bonds. The maximum atomic E-state index is 12.0. The number of furan rings is 1. The molecule has 0 radical (unpaired) electrons. The molecule has 130 valence electrons. The molecule has 0 aliphatic carbocycles. The number of hydrogen-bond donors (Lipinski definition) is 2. The molecule has 5 heteroatoms. The van der Waals surface area contributed by atoms with Crippen LogP contribution in [0.4, 0.5) is 0 Å².